The van der Waals surface area contributed by atoms with Crippen LogP contribution in [0.1, 0.15) is 21.5 Å². The Bertz CT molecular complexity index is 658. The molecule has 2 rings (SSSR count). The molecule has 0 saturated carbocycles. The zero-order valence-corrected chi connectivity index (χ0v) is 14.2. The topological polar surface area (TPSA) is 32.3 Å². The fourth-order valence-electron chi connectivity index (χ4n) is 2.21. The molecular weight excluding hydrogens is 347 g/mol. The predicted molar refractivity (Wildman–Crippen MR) is 89.1 cm³/mol. The van der Waals surface area contributed by atoms with Crippen molar-refractivity contribution in [3.8, 4) is 0 Å². The summed E-state index contributed by atoms with van der Waals surface area (Å²) in [6.07, 6.45) is 0. The monoisotopic (exact) mass is 364 g/mol. The maximum absolute atomic E-state index is 13.1. The van der Waals surface area contributed by atoms with Gasteiger partial charge in [-0.2, -0.15) is 0 Å². The van der Waals surface area contributed by atoms with Crippen molar-refractivity contribution in [2.24, 2.45) is 0 Å². The fourth-order valence-corrected chi connectivity index (χ4v) is 2.69. The highest BCUT2D eigenvalue weighted by Crippen LogP contribution is 2.20. The van der Waals surface area contributed by atoms with Gasteiger partial charge < -0.3 is 5.32 Å². The number of hydrogen-bond donors (Lipinski definition) is 1. The molecule has 0 aliphatic heterocycles. The smallest absolute Gasteiger partial charge is 0.251 e. The summed E-state index contributed by atoms with van der Waals surface area (Å²) in [5.74, 6) is -0.335. The standard InChI is InChI=1S/C17H18BrFN2O/c1-20-17(22)13-5-3-12(4-6-13)10-21(2)11-14-7-8-15(19)9-16(14)18/h3-9H,10-11H2,1-2H3,(H,20,22). The quantitative estimate of drug-likeness (QED) is 0.879. The van der Waals surface area contributed by atoms with Gasteiger partial charge in [-0.05, 0) is 42.4 Å². The number of halogens is 2. The van der Waals surface area contributed by atoms with Crippen LogP contribution in [0.2, 0.25) is 0 Å². The third kappa shape index (κ3) is 4.39. The van der Waals surface area contributed by atoms with E-state index in [9.17, 15) is 9.18 Å². The molecule has 0 bridgehead atoms. The Kier molecular flexibility index (Phi) is 5.69. The van der Waals surface area contributed by atoms with Crippen LogP contribution in [0.5, 0.6) is 0 Å². The first-order valence-electron chi connectivity index (χ1n) is 6.93. The third-order valence-electron chi connectivity index (χ3n) is 3.35. The first-order chi connectivity index (χ1) is 10.5. The van der Waals surface area contributed by atoms with Crippen LogP contribution in [-0.4, -0.2) is 24.9 Å². The number of benzene rings is 2. The van der Waals surface area contributed by atoms with E-state index < -0.39 is 0 Å². The molecule has 1 amide bonds. The number of hydrogen-bond acceptors (Lipinski definition) is 2. The van der Waals surface area contributed by atoms with Crippen LogP contribution < -0.4 is 5.32 Å². The first-order valence-corrected chi connectivity index (χ1v) is 7.72. The van der Waals surface area contributed by atoms with Crippen LogP contribution in [-0.2, 0) is 13.1 Å². The summed E-state index contributed by atoms with van der Waals surface area (Å²) in [6.45, 7) is 1.45. The van der Waals surface area contributed by atoms with E-state index in [1.165, 1.54) is 12.1 Å². The Labute approximate surface area is 138 Å². The summed E-state index contributed by atoms with van der Waals surface area (Å²) in [5.41, 5.74) is 2.80. The molecule has 3 nitrogen and oxygen atoms in total. The zero-order valence-electron chi connectivity index (χ0n) is 12.6. The summed E-state index contributed by atoms with van der Waals surface area (Å²) in [4.78, 5) is 13.6. The summed E-state index contributed by atoms with van der Waals surface area (Å²) < 4.78 is 13.9. The maximum Gasteiger partial charge on any atom is 0.251 e. The maximum atomic E-state index is 13.1. The fraction of sp³-hybridized carbons (Fsp3) is 0.235. The highest BCUT2D eigenvalue weighted by atomic mass is 79.9. The summed E-state index contributed by atoms with van der Waals surface area (Å²) in [6, 6.07) is 12.2. The molecule has 0 spiro atoms. The van der Waals surface area contributed by atoms with Crippen molar-refractivity contribution < 1.29 is 9.18 Å². The van der Waals surface area contributed by atoms with Crippen LogP contribution in [0.15, 0.2) is 46.9 Å². The molecule has 0 aliphatic carbocycles. The molecule has 0 aliphatic rings. The van der Waals surface area contributed by atoms with Gasteiger partial charge in [-0.3, -0.25) is 9.69 Å². The molecule has 0 heterocycles. The summed E-state index contributed by atoms with van der Waals surface area (Å²) >= 11 is 3.38. The van der Waals surface area contributed by atoms with Crippen LogP contribution in [0, 0.1) is 5.82 Å². The van der Waals surface area contributed by atoms with Crippen LogP contribution in [0.4, 0.5) is 4.39 Å². The van der Waals surface area contributed by atoms with Gasteiger partial charge in [0.05, 0.1) is 0 Å². The number of amides is 1. The molecule has 0 saturated heterocycles. The first kappa shape index (κ1) is 16.6. The van der Waals surface area contributed by atoms with E-state index in [2.05, 4.69) is 26.1 Å². The van der Waals surface area contributed by atoms with E-state index in [1.807, 2.05) is 31.3 Å². The SMILES string of the molecule is CNC(=O)c1ccc(CN(C)Cc2ccc(F)cc2Br)cc1. The number of carbonyl (C=O) groups excluding carboxylic acids is 1. The molecule has 1 N–H and O–H groups in total. The lowest BCUT2D eigenvalue weighted by atomic mass is 10.1. The molecular formula is C17H18BrFN2O. The molecule has 0 atom stereocenters. The van der Waals surface area contributed by atoms with E-state index in [0.717, 1.165) is 22.1 Å². The zero-order chi connectivity index (χ0) is 16.1. The second kappa shape index (κ2) is 7.51. The van der Waals surface area contributed by atoms with Gasteiger partial charge in [0.2, 0.25) is 0 Å². The van der Waals surface area contributed by atoms with E-state index in [1.54, 1.807) is 13.1 Å². The van der Waals surface area contributed by atoms with E-state index in [4.69, 9.17) is 0 Å². The Balaban J connectivity index is 1.99. The average molecular weight is 365 g/mol. The van der Waals surface area contributed by atoms with E-state index in [0.29, 0.717) is 12.1 Å². The minimum atomic E-state index is -0.247. The van der Waals surface area contributed by atoms with Crippen molar-refractivity contribution in [3.63, 3.8) is 0 Å². The van der Waals surface area contributed by atoms with Gasteiger partial charge in [-0.15, -0.1) is 0 Å². The molecule has 0 fully saturated rings. The number of nitrogens with zero attached hydrogens (tertiary/aromatic N) is 1. The van der Waals surface area contributed by atoms with Gasteiger partial charge in [-0.25, -0.2) is 4.39 Å². The molecule has 5 heteroatoms. The molecule has 116 valence electrons. The Morgan fingerprint density at radius 2 is 1.86 bits per heavy atom. The molecule has 22 heavy (non-hydrogen) atoms. The molecule has 0 aromatic heterocycles. The summed E-state index contributed by atoms with van der Waals surface area (Å²) in [5, 5.41) is 2.60. The number of nitrogens with one attached hydrogen (secondary N) is 1. The lowest BCUT2D eigenvalue weighted by molar-refractivity contribution is 0.0963. The predicted octanol–water partition coefficient (Wildman–Crippen LogP) is 3.58. The van der Waals surface area contributed by atoms with Gasteiger partial charge in [0.25, 0.3) is 5.91 Å². The lowest BCUT2D eigenvalue weighted by Crippen LogP contribution is -2.19. The van der Waals surface area contributed by atoms with Gasteiger partial charge in [-0.1, -0.05) is 34.1 Å². The van der Waals surface area contributed by atoms with Crippen molar-refractivity contribution in [2.75, 3.05) is 14.1 Å². The average Bonchev–Trinajstić information content (AvgIpc) is 2.50. The number of rotatable bonds is 5. The lowest BCUT2D eigenvalue weighted by Gasteiger charge is -2.18. The van der Waals surface area contributed by atoms with Crippen molar-refractivity contribution in [1.82, 2.24) is 10.2 Å². The Hall–Kier alpha value is -1.72. The van der Waals surface area contributed by atoms with Crippen LogP contribution >= 0.6 is 15.9 Å². The Morgan fingerprint density at radius 3 is 2.45 bits per heavy atom. The normalized spacial score (nSPS) is 10.8. The van der Waals surface area contributed by atoms with Gasteiger partial charge >= 0.3 is 0 Å². The van der Waals surface area contributed by atoms with Crippen LogP contribution in [0.3, 0.4) is 0 Å². The van der Waals surface area contributed by atoms with Gasteiger partial charge in [0.15, 0.2) is 0 Å². The second-order valence-corrected chi connectivity index (χ2v) is 6.04. The minimum Gasteiger partial charge on any atom is -0.355 e. The molecule has 0 unspecified atom stereocenters. The molecule has 2 aromatic carbocycles. The van der Waals surface area contributed by atoms with Gasteiger partial charge in [0, 0.05) is 30.2 Å². The van der Waals surface area contributed by atoms with Crippen molar-refractivity contribution in [3.05, 3.63) is 69.4 Å². The van der Waals surface area contributed by atoms with E-state index in [-0.39, 0.29) is 11.7 Å². The van der Waals surface area contributed by atoms with Crippen molar-refractivity contribution in [1.29, 1.82) is 0 Å². The van der Waals surface area contributed by atoms with Crippen molar-refractivity contribution in [2.45, 2.75) is 13.1 Å². The van der Waals surface area contributed by atoms with Crippen molar-refractivity contribution >= 4 is 21.8 Å². The second-order valence-electron chi connectivity index (χ2n) is 5.18. The third-order valence-corrected chi connectivity index (χ3v) is 4.09. The largest absolute Gasteiger partial charge is 0.355 e. The molecule has 0 radical (unpaired) electrons. The van der Waals surface area contributed by atoms with E-state index >= 15 is 0 Å². The highest BCUT2D eigenvalue weighted by Gasteiger charge is 2.07. The molecule has 2 aromatic rings. The summed E-state index contributed by atoms with van der Waals surface area (Å²) in [7, 11) is 3.62. The van der Waals surface area contributed by atoms with Crippen LogP contribution in [0.25, 0.3) is 0 Å². The minimum absolute atomic E-state index is 0.0878. The Morgan fingerprint density at radius 1 is 1.18 bits per heavy atom. The van der Waals surface area contributed by atoms with Gasteiger partial charge in [0.1, 0.15) is 5.82 Å². The highest BCUT2D eigenvalue weighted by molar-refractivity contribution is 9.10. The number of carbonyl (C=O) groups is 1.